The second-order valence-electron chi connectivity index (χ2n) is 5.47. The highest BCUT2D eigenvalue weighted by Crippen LogP contribution is 2.14. The maximum Gasteiger partial charge on any atom is 0.123 e. The number of hydrogen-bond donors (Lipinski definition) is 2. The third-order valence-electron chi connectivity index (χ3n) is 3.40. The molecule has 0 aliphatic heterocycles. The van der Waals surface area contributed by atoms with Crippen molar-refractivity contribution in [1.82, 2.24) is 14.9 Å². The molecular formula is C15H23N3O. The number of fused-ring (bicyclic) bond motifs is 1. The van der Waals surface area contributed by atoms with Crippen LogP contribution in [0.4, 0.5) is 0 Å². The molecule has 2 aromatic rings. The van der Waals surface area contributed by atoms with E-state index in [4.69, 9.17) is 0 Å². The zero-order valence-electron chi connectivity index (χ0n) is 11.9. The minimum Gasteiger partial charge on any atom is -0.395 e. The largest absolute Gasteiger partial charge is 0.395 e. The molecule has 19 heavy (non-hydrogen) atoms. The lowest BCUT2D eigenvalue weighted by molar-refractivity contribution is 0.222. The fourth-order valence-electron chi connectivity index (χ4n) is 2.38. The van der Waals surface area contributed by atoms with Gasteiger partial charge in [-0.15, -0.1) is 0 Å². The number of nitrogens with one attached hydrogen (secondary N) is 1. The summed E-state index contributed by atoms with van der Waals surface area (Å²) in [4.78, 5) is 4.62. The molecule has 0 aliphatic carbocycles. The molecule has 0 saturated carbocycles. The molecule has 0 saturated heterocycles. The van der Waals surface area contributed by atoms with E-state index < -0.39 is 0 Å². The molecule has 4 heteroatoms. The number of aryl methyl sites for hydroxylation is 1. The van der Waals surface area contributed by atoms with E-state index in [0.29, 0.717) is 12.5 Å². The van der Waals surface area contributed by atoms with Crippen LogP contribution in [0.2, 0.25) is 0 Å². The average molecular weight is 261 g/mol. The van der Waals surface area contributed by atoms with Crippen molar-refractivity contribution in [1.29, 1.82) is 0 Å². The van der Waals surface area contributed by atoms with Crippen LogP contribution >= 0.6 is 0 Å². The second kappa shape index (κ2) is 6.17. The van der Waals surface area contributed by atoms with Crippen molar-refractivity contribution in [3.63, 3.8) is 0 Å². The van der Waals surface area contributed by atoms with E-state index >= 15 is 0 Å². The van der Waals surface area contributed by atoms with E-state index in [9.17, 15) is 5.11 Å². The van der Waals surface area contributed by atoms with Crippen LogP contribution in [-0.4, -0.2) is 27.3 Å². The van der Waals surface area contributed by atoms with Crippen LogP contribution in [0.1, 0.15) is 26.1 Å². The number of hydrogen-bond acceptors (Lipinski definition) is 3. The Labute approximate surface area is 114 Å². The van der Waals surface area contributed by atoms with Gasteiger partial charge in [-0.3, -0.25) is 0 Å². The lowest BCUT2D eigenvalue weighted by Gasteiger charge is -2.18. The Balaban J connectivity index is 2.07. The molecule has 0 aliphatic rings. The summed E-state index contributed by atoms with van der Waals surface area (Å²) in [5.74, 6) is 1.58. The summed E-state index contributed by atoms with van der Waals surface area (Å²) < 4.78 is 2.10. The SMILES string of the molecule is CC(C)CC(CO)NCc1nc2ccccc2n1C. The van der Waals surface area contributed by atoms with E-state index in [1.165, 1.54) is 0 Å². The quantitative estimate of drug-likeness (QED) is 0.837. The summed E-state index contributed by atoms with van der Waals surface area (Å²) >= 11 is 0. The van der Waals surface area contributed by atoms with Crippen LogP contribution in [-0.2, 0) is 13.6 Å². The second-order valence-corrected chi connectivity index (χ2v) is 5.47. The molecule has 4 nitrogen and oxygen atoms in total. The molecule has 0 amide bonds. The molecular weight excluding hydrogens is 238 g/mol. The monoisotopic (exact) mass is 261 g/mol. The van der Waals surface area contributed by atoms with Crippen molar-refractivity contribution in [3.8, 4) is 0 Å². The van der Waals surface area contributed by atoms with Gasteiger partial charge < -0.3 is 15.0 Å². The van der Waals surface area contributed by atoms with Gasteiger partial charge in [-0.2, -0.15) is 0 Å². The molecule has 0 spiro atoms. The van der Waals surface area contributed by atoms with Crippen molar-refractivity contribution >= 4 is 11.0 Å². The Morgan fingerprint density at radius 2 is 2.05 bits per heavy atom. The zero-order valence-corrected chi connectivity index (χ0v) is 11.9. The maximum absolute atomic E-state index is 9.37. The summed E-state index contributed by atoms with van der Waals surface area (Å²) in [7, 11) is 2.03. The number of aliphatic hydroxyl groups is 1. The number of aromatic nitrogens is 2. The summed E-state index contributed by atoms with van der Waals surface area (Å²) in [6.45, 7) is 5.18. The Hall–Kier alpha value is -1.39. The third-order valence-corrected chi connectivity index (χ3v) is 3.40. The summed E-state index contributed by atoms with van der Waals surface area (Å²) in [5, 5.41) is 12.8. The third kappa shape index (κ3) is 3.33. The summed E-state index contributed by atoms with van der Waals surface area (Å²) in [5.41, 5.74) is 2.16. The van der Waals surface area contributed by atoms with Gasteiger partial charge in [0.05, 0.1) is 24.2 Å². The first kappa shape index (κ1) is 14.0. The topological polar surface area (TPSA) is 50.1 Å². The van der Waals surface area contributed by atoms with Gasteiger partial charge in [0.25, 0.3) is 0 Å². The molecule has 0 bridgehead atoms. The van der Waals surface area contributed by atoms with Crippen LogP contribution in [0.5, 0.6) is 0 Å². The number of nitrogens with zero attached hydrogens (tertiary/aromatic N) is 2. The van der Waals surface area contributed by atoms with Gasteiger partial charge in [0.1, 0.15) is 5.82 Å². The average Bonchev–Trinajstić information content (AvgIpc) is 2.71. The number of para-hydroxylation sites is 2. The van der Waals surface area contributed by atoms with E-state index in [-0.39, 0.29) is 12.6 Å². The molecule has 1 heterocycles. The Morgan fingerprint density at radius 1 is 1.32 bits per heavy atom. The molecule has 1 atom stereocenters. The Kier molecular flexibility index (Phi) is 4.56. The summed E-state index contributed by atoms with van der Waals surface area (Å²) in [6, 6.07) is 8.26. The smallest absolute Gasteiger partial charge is 0.123 e. The van der Waals surface area contributed by atoms with Crippen LogP contribution < -0.4 is 5.32 Å². The van der Waals surface area contributed by atoms with Gasteiger partial charge in [0, 0.05) is 13.1 Å². The van der Waals surface area contributed by atoms with Gasteiger partial charge in [0.2, 0.25) is 0 Å². The van der Waals surface area contributed by atoms with Crippen molar-refractivity contribution in [2.24, 2.45) is 13.0 Å². The number of aliphatic hydroxyl groups excluding tert-OH is 1. The first-order valence-corrected chi connectivity index (χ1v) is 6.86. The zero-order chi connectivity index (χ0) is 13.8. The van der Waals surface area contributed by atoms with Gasteiger partial charge in [0.15, 0.2) is 0 Å². The minimum absolute atomic E-state index is 0.139. The number of rotatable bonds is 6. The van der Waals surface area contributed by atoms with Gasteiger partial charge in [-0.25, -0.2) is 4.98 Å². The van der Waals surface area contributed by atoms with E-state index in [1.54, 1.807) is 0 Å². The highest BCUT2D eigenvalue weighted by Gasteiger charge is 2.12. The van der Waals surface area contributed by atoms with Gasteiger partial charge in [-0.05, 0) is 24.5 Å². The van der Waals surface area contributed by atoms with Crippen LogP contribution in [0, 0.1) is 5.92 Å². The van der Waals surface area contributed by atoms with Crippen molar-refractivity contribution in [2.75, 3.05) is 6.61 Å². The molecule has 0 radical (unpaired) electrons. The Morgan fingerprint density at radius 3 is 2.68 bits per heavy atom. The highest BCUT2D eigenvalue weighted by molar-refractivity contribution is 5.75. The fraction of sp³-hybridized carbons (Fsp3) is 0.533. The van der Waals surface area contributed by atoms with Crippen LogP contribution in [0.25, 0.3) is 11.0 Å². The first-order chi connectivity index (χ1) is 9.11. The first-order valence-electron chi connectivity index (χ1n) is 6.86. The summed E-state index contributed by atoms with van der Waals surface area (Å²) in [6.07, 6.45) is 0.973. The van der Waals surface area contributed by atoms with E-state index in [2.05, 4.69) is 34.8 Å². The molecule has 0 fully saturated rings. The molecule has 104 valence electrons. The predicted octanol–water partition coefficient (Wildman–Crippen LogP) is 2.07. The molecule has 2 N–H and O–H groups in total. The number of benzene rings is 1. The molecule has 1 aromatic heterocycles. The Bertz CT molecular complexity index is 533. The standard InChI is InChI=1S/C15H23N3O/c1-11(2)8-12(10-19)16-9-15-17-13-6-4-5-7-14(13)18(15)3/h4-7,11-12,16,19H,8-10H2,1-3H3. The maximum atomic E-state index is 9.37. The van der Waals surface area contributed by atoms with Crippen LogP contribution in [0.15, 0.2) is 24.3 Å². The van der Waals surface area contributed by atoms with E-state index in [1.807, 2.05) is 25.2 Å². The normalized spacial score (nSPS) is 13.3. The van der Waals surface area contributed by atoms with Crippen molar-refractivity contribution in [2.45, 2.75) is 32.9 Å². The highest BCUT2D eigenvalue weighted by atomic mass is 16.3. The van der Waals surface area contributed by atoms with Crippen molar-refractivity contribution in [3.05, 3.63) is 30.1 Å². The van der Waals surface area contributed by atoms with Crippen molar-refractivity contribution < 1.29 is 5.11 Å². The van der Waals surface area contributed by atoms with Crippen LogP contribution in [0.3, 0.4) is 0 Å². The minimum atomic E-state index is 0.139. The fourth-order valence-corrected chi connectivity index (χ4v) is 2.38. The lowest BCUT2D eigenvalue weighted by Crippen LogP contribution is -2.34. The van der Waals surface area contributed by atoms with Gasteiger partial charge in [-0.1, -0.05) is 26.0 Å². The lowest BCUT2D eigenvalue weighted by atomic mass is 10.0. The molecule has 2 rings (SSSR count). The number of imidazole rings is 1. The van der Waals surface area contributed by atoms with E-state index in [0.717, 1.165) is 23.3 Å². The van der Waals surface area contributed by atoms with Gasteiger partial charge >= 0.3 is 0 Å². The predicted molar refractivity (Wildman–Crippen MR) is 77.9 cm³/mol. The molecule has 1 unspecified atom stereocenters. The molecule has 1 aromatic carbocycles.